The molecule has 0 radical (unpaired) electrons. The molecule has 15 heavy (non-hydrogen) atoms. The minimum Gasteiger partial charge on any atom is -0.382 e. The highest BCUT2D eigenvalue weighted by molar-refractivity contribution is 5.75. The van der Waals surface area contributed by atoms with Gasteiger partial charge in [0, 0.05) is 0 Å². The smallest absolute Gasteiger partial charge is 0.172 e. The Kier molecular flexibility index (Phi) is 2.32. The van der Waals surface area contributed by atoms with Crippen LogP contribution in [-0.2, 0) is 0 Å². The van der Waals surface area contributed by atoms with Gasteiger partial charge < -0.3 is 16.9 Å². The number of para-hydroxylation sites is 1. The summed E-state index contributed by atoms with van der Waals surface area (Å²) in [6.45, 7) is 0. The van der Waals surface area contributed by atoms with Crippen molar-refractivity contribution in [1.82, 2.24) is 10.2 Å². The molecule has 7 N–H and O–H groups in total. The molecule has 6 heteroatoms. The molecule has 0 atom stereocenters. The lowest BCUT2D eigenvalue weighted by atomic mass is 10.3. The van der Waals surface area contributed by atoms with Crippen molar-refractivity contribution in [3.63, 3.8) is 0 Å². The van der Waals surface area contributed by atoms with Crippen molar-refractivity contribution >= 4 is 23.0 Å². The van der Waals surface area contributed by atoms with E-state index in [-0.39, 0.29) is 0 Å². The highest BCUT2D eigenvalue weighted by Crippen LogP contribution is 2.21. The van der Waals surface area contributed by atoms with E-state index in [9.17, 15) is 0 Å². The summed E-state index contributed by atoms with van der Waals surface area (Å²) in [4.78, 5) is 0. The normalized spacial score (nSPS) is 9.87. The first-order chi connectivity index (χ1) is 7.27. The summed E-state index contributed by atoms with van der Waals surface area (Å²) < 4.78 is 0. The Morgan fingerprint density at radius 1 is 1.07 bits per heavy atom. The molecule has 0 amide bonds. The van der Waals surface area contributed by atoms with E-state index in [1.807, 2.05) is 30.3 Å². The molecule has 0 unspecified atom stereocenters. The Labute approximate surface area is 86.6 Å². The zero-order valence-corrected chi connectivity index (χ0v) is 7.99. The zero-order chi connectivity index (χ0) is 10.7. The van der Waals surface area contributed by atoms with Gasteiger partial charge in [0.15, 0.2) is 5.82 Å². The number of nitrogens with one attached hydrogen (secondary N) is 3. The number of rotatable bonds is 3. The van der Waals surface area contributed by atoms with Gasteiger partial charge in [0.2, 0.25) is 0 Å². The van der Waals surface area contributed by atoms with Gasteiger partial charge in [0.25, 0.3) is 0 Å². The molecule has 0 spiro atoms. The van der Waals surface area contributed by atoms with E-state index >= 15 is 0 Å². The Hall–Kier alpha value is -2.37. The van der Waals surface area contributed by atoms with Gasteiger partial charge in [-0.1, -0.05) is 18.2 Å². The fraction of sp³-hybridized carbons (Fsp3) is 0. The quantitative estimate of drug-likeness (QED) is 0.480. The fourth-order valence-corrected chi connectivity index (χ4v) is 1.16. The van der Waals surface area contributed by atoms with Crippen LogP contribution in [0.4, 0.5) is 23.0 Å². The topological polar surface area (TPSA) is 105 Å². The number of hydrazine groups is 1. The molecule has 1 aromatic carbocycles. The molecule has 0 aliphatic rings. The summed E-state index contributed by atoms with van der Waals surface area (Å²) >= 11 is 0. The molecule has 2 aromatic rings. The van der Waals surface area contributed by atoms with Crippen LogP contribution >= 0.6 is 0 Å². The molecule has 1 heterocycles. The van der Waals surface area contributed by atoms with Crippen molar-refractivity contribution in [2.24, 2.45) is 0 Å². The molecule has 0 saturated heterocycles. The molecular weight excluding hydrogens is 192 g/mol. The summed E-state index contributed by atoms with van der Waals surface area (Å²) in [6.07, 6.45) is 0. The maximum Gasteiger partial charge on any atom is 0.172 e. The van der Waals surface area contributed by atoms with Crippen molar-refractivity contribution in [2.45, 2.75) is 0 Å². The Bertz CT molecular complexity index is 416. The van der Waals surface area contributed by atoms with E-state index < -0.39 is 0 Å². The van der Waals surface area contributed by atoms with Crippen molar-refractivity contribution in [3.8, 4) is 0 Å². The number of aromatic amines is 1. The van der Waals surface area contributed by atoms with Crippen molar-refractivity contribution in [2.75, 3.05) is 22.3 Å². The number of hydrogen-bond donors (Lipinski definition) is 5. The third-order valence-corrected chi connectivity index (χ3v) is 1.93. The molecule has 0 aliphatic carbocycles. The minimum absolute atomic E-state index is 0.330. The largest absolute Gasteiger partial charge is 0.382 e. The second kappa shape index (κ2) is 3.79. The first kappa shape index (κ1) is 9.20. The predicted molar refractivity (Wildman–Crippen MR) is 61.1 cm³/mol. The van der Waals surface area contributed by atoms with Gasteiger partial charge >= 0.3 is 0 Å². The maximum atomic E-state index is 5.60. The lowest BCUT2D eigenvalue weighted by molar-refractivity contribution is 1.11. The molecule has 0 bridgehead atoms. The van der Waals surface area contributed by atoms with E-state index in [0.717, 1.165) is 5.69 Å². The average molecular weight is 204 g/mol. The average Bonchev–Trinajstić information content (AvgIpc) is 2.58. The molecule has 6 nitrogen and oxygen atoms in total. The van der Waals surface area contributed by atoms with Crippen LogP contribution in [0.15, 0.2) is 30.3 Å². The number of nitrogen functional groups attached to an aromatic ring is 2. The van der Waals surface area contributed by atoms with Gasteiger partial charge in [-0.15, -0.1) is 0 Å². The summed E-state index contributed by atoms with van der Waals surface area (Å²) in [5.41, 5.74) is 18.5. The van der Waals surface area contributed by atoms with Crippen LogP contribution in [0.2, 0.25) is 0 Å². The van der Waals surface area contributed by atoms with Crippen LogP contribution < -0.4 is 22.3 Å². The second-order valence-electron chi connectivity index (χ2n) is 3.01. The molecule has 0 saturated carbocycles. The molecule has 0 aliphatic heterocycles. The van der Waals surface area contributed by atoms with Crippen molar-refractivity contribution in [3.05, 3.63) is 30.3 Å². The van der Waals surface area contributed by atoms with E-state index in [1.54, 1.807) is 0 Å². The minimum atomic E-state index is 0.330. The monoisotopic (exact) mass is 204 g/mol. The van der Waals surface area contributed by atoms with Crippen LogP contribution in [0.5, 0.6) is 0 Å². The van der Waals surface area contributed by atoms with Crippen LogP contribution in [-0.4, -0.2) is 10.2 Å². The Balaban J connectivity index is 2.05. The molecule has 1 aromatic heterocycles. The van der Waals surface area contributed by atoms with Crippen molar-refractivity contribution < 1.29 is 0 Å². The van der Waals surface area contributed by atoms with Gasteiger partial charge in [0.1, 0.15) is 11.5 Å². The lowest BCUT2D eigenvalue weighted by Gasteiger charge is -2.08. The second-order valence-corrected chi connectivity index (χ2v) is 3.01. The number of benzene rings is 1. The molecule has 2 rings (SSSR count). The summed E-state index contributed by atoms with van der Waals surface area (Å²) in [7, 11) is 0. The number of nitrogens with two attached hydrogens (primary N) is 2. The number of aromatic nitrogens is 2. The van der Waals surface area contributed by atoms with Gasteiger partial charge in [-0.3, -0.25) is 10.5 Å². The Morgan fingerprint density at radius 2 is 1.80 bits per heavy atom. The lowest BCUT2D eigenvalue weighted by Crippen LogP contribution is -2.10. The van der Waals surface area contributed by atoms with Gasteiger partial charge in [-0.05, 0) is 12.1 Å². The summed E-state index contributed by atoms with van der Waals surface area (Å²) in [5, 5.41) is 6.33. The number of nitrogens with zero attached hydrogens (tertiary/aromatic N) is 1. The van der Waals surface area contributed by atoms with Crippen LogP contribution in [0.25, 0.3) is 0 Å². The summed E-state index contributed by atoms with van der Waals surface area (Å²) in [6, 6.07) is 9.61. The predicted octanol–water partition coefficient (Wildman–Crippen LogP) is 1.01. The molecule has 78 valence electrons. The van der Waals surface area contributed by atoms with E-state index in [2.05, 4.69) is 21.0 Å². The van der Waals surface area contributed by atoms with E-state index in [0.29, 0.717) is 17.3 Å². The number of anilines is 4. The molecular formula is C9H12N6. The van der Waals surface area contributed by atoms with E-state index in [4.69, 9.17) is 11.5 Å². The standard InChI is InChI=1S/C9H12N6/c10-8-7(9(11)15-14-8)13-12-6-4-2-1-3-5-6/h1-5,12-13H,(H5,10,11,14,15). The third kappa shape index (κ3) is 1.93. The van der Waals surface area contributed by atoms with Crippen LogP contribution in [0.3, 0.4) is 0 Å². The third-order valence-electron chi connectivity index (χ3n) is 1.93. The van der Waals surface area contributed by atoms with Crippen molar-refractivity contribution in [1.29, 1.82) is 0 Å². The number of H-pyrrole nitrogens is 1. The van der Waals surface area contributed by atoms with Gasteiger partial charge in [-0.25, -0.2) is 0 Å². The SMILES string of the molecule is Nc1n[nH]c(N)c1NNc1ccccc1. The summed E-state index contributed by atoms with van der Waals surface area (Å²) in [5.74, 6) is 0.729. The first-order valence-corrected chi connectivity index (χ1v) is 4.44. The Morgan fingerprint density at radius 3 is 2.40 bits per heavy atom. The highest BCUT2D eigenvalue weighted by Gasteiger charge is 2.06. The first-order valence-electron chi connectivity index (χ1n) is 4.44. The zero-order valence-electron chi connectivity index (χ0n) is 7.99. The van der Waals surface area contributed by atoms with Crippen LogP contribution in [0, 0.1) is 0 Å². The fourth-order valence-electron chi connectivity index (χ4n) is 1.16. The van der Waals surface area contributed by atoms with Crippen LogP contribution in [0.1, 0.15) is 0 Å². The molecule has 0 fully saturated rings. The van der Waals surface area contributed by atoms with Gasteiger partial charge in [0.05, 0.1) is 5.69 Å². The maximum absolute atomic E-state index is 5.60. The highest BCUT2D eigenvalue weighted by atomic mass is 15.4. The van der Waals surface area contributed by atoms with E-state index in [1.165, 1.54) is 0 Å². The number of hydrogen-bond acceptors (Lipinski definition) is 5. The van der Waals surface area contributed by atoms with Gasteiger partial charge in [-0.2, -0.15) is 5.10 Å².